The molecule has 0 aliphatic rings. The van der Waals surface area contributed by atoms with E-state index in [-0.39, 0.29) is 6.04 Å². The summed E-state index contributed by atoms with van der Waals surface area (Å²) in [6.07, 6.45) is 1.77. The predicted octanol–water partition coefficient (Wildman–Crippen LogP) is 2.59. The Kier molecular flexibility index (Phi) is 3.54. The Hall–Kier alpha value is -1.39. The predicted molar refractivity (Wildman–Crippen MR) is 65.8 cm³/mol. The second-order valence-electron chi connectivity index (χ2n) is 3.35. The molecule has 2 rings (SSSR count). The van der Waals surface area contributed by atoms with Crippen molar-refractivity contribution in [2.75, 3.05) is 6.61 Å². The van der Waals surface area contributed by atoms with E-state index in [1.165, 1.54) is 0 Å². The van der Waals surface area contributed by atoms with Crippen molar-refractivity contribution >= 4 is 11.3 Å². The van der Waals surface area contributed by atoms with Crippen LogP contribution in [-0.2, 0) is 0 Å². The summed E-state index contributed by atoms with van der Waals surface area (Å²) in [6, 6.07) is 7.70. The molecule has 2 aromatic rings. The third kappa shape index (κ3) is 2.40. The maximum Gasteiger partial charge on any atom is 0.119 e. The van der Waals surface area contributed by atoms with E-state index >= 15 is 0 Å². The van der Waals surface area contributed by atoms with Crippen LogP contribution in [0, 0.1) is 0 Å². The van der Waals surface area contributed by atoms with Gasteiger partial charge in [0.05, 0.1) is 12.6 Å². The molecule has 16 heavy (non-hydrogen) atoms. The number of nitrogens with zero attached hydrogens (tertiary/aromatic N) is 1. The monoisotopic (exact) mass is 234 g/mol. The molecule has 1 aromatic carbocycles. The lowest BCUT2D eigenvalue weighted by Crippen LogP contribution is -2.11. The lowest BCUT2D eigenvalue weighted by Gasteiger charge is -2.09. The molecule has 3 nitrogen and oxygen atoms in total. The standard InChI is InChI=1S/C12H14N2OS/c1-2-15-10-5-3-9(4-6-10)11(13)12-14-7-8-16-12/h3-8,11H,2,13H2,1H3. The number of ether oxygens (including phenoxy) is 1. The van der Waals surface area contributed by atoms with E-state index in [1.807, 2.05) is 36.6 Å². The lowest BCUT2D eigenvalue weighted by molar-refractivity contribution is 0.340. The second-order valence-corrected chi connectivity index (χ2v) is 4.28. The molecule has 1 unspecified atom stereocenters. The zero-order valence-electron chi connectivity index (χ0n) is 9.09. The van der Waals surface area contributed by atoms with Crippen LogP contribution in [-0.4, -0.2) is 11.6 Å². The average molecular weight is 234 g/mol. The van der Waals surface area contributed by atoms with Gasteiger partial charge in [-0.05, 0) is 24.6 Å². The lowest BCUT2D eigenvalue weighted by atomic mass is 10.1. The second kappa shape index (κ2) is 5.09. The molecular formula is C12H14N2OS. The van der Waals surface area contributed by atoms with Gasteiger partial charge in [0, 0.05) is 11.6 Å². The smallest absolute Gasteiger partial charge is 0.119 e. The largest absolute Gasteiger partial charge is 0.494 e. The molecular weight excluding hydrogens is 220 g/mol. The van der Waals surface area contributed by atoms with Gasteiger partial charge in [-0.1, -0.05) is 12.1 Å². The number of nitrogens with two attached hydrogens (primary N) is 1. The molecule has 0 aliphatic heterocycles. The van der Waals surface area contributed by atoms with Crippen LogP contribution in [0.3, 0.4) is 0 Å². The van der Waals surface area contributed by atoms with E-state index in [2.05, 4.69) is 4.98 Å². The zero-order valence-corrected chi connectivity index (χ0v) is 9.91. The third-order valence-electron chi connectivity index (χ3n) is 2.27. The normalized spacial score (nSPS) is 12.4. The van der Waals surface area contributed by atoms with Gasteiger partial charge in [-0.25, -0.2) is 4.98 Å². The topological polar surface area (TPSA) is 48.1 Å². The summed E-state index contributed by atoms with van der Waals surface area (Å²) in [5.41, 5.74) is 7.15. The Labute approximate surface area is 98.9 Å². The molecule has 0 radical (unpaired) electrons. The van der Waals surface area contributed by atoms with Gasteiger partial charge in [0.15, 0.2) is 0 Å². The number of rotatable bonds is 4. The maximum absolute atomic E-state index is 6.09. The number of thiazole rings is 1. The molecule has 0 fully saturated rings. The van der Waals surface area contributed by atoms with Crippen LogP contribution in [0.25, 0.3) is 0 Å². The Bertz CT molecular complexity index is 425. The van der Waals surface area contributed by atoms with E-state index in [1.54, 1.807) is 17.5 Å². The van der Waals surface area contributed by atoms with Crippen LogP contribution in [0.5, 0.6) is 5.75 Å². The zero-order chi connectivity index (χ0) is 11.4. The minimum atomic E-state index is -0.143. The summed E-state index contributed by atoms with van der Waals surface area (Å²) < 4.78 is 5.38. The molecule has 0 saturated carbocycles. The van der Waals surface area contributed by atoms with Gasteiger partial charge in [0.25, 0.3) is 0 Å². The first-order valence-electron chi connectivity index (χ1n) is 5.19. The van der Waals surface area contributed by atoms with Crippen molar-refractivity contribution in [2.45, 2.75) is 13.0 Å². The first-order valence-corrected chi connectivity index (χ1v) is 6.07. The van der Waals surface area contributed by atoms with Crippen molar-refractivity contribution in [3.05, 3.63) is 46.4 Å². The first-order chi connectivity index (χ1) is 7.81. The summed E-state index contributed by atoms with van der Waals surface area (Å²) in [7, 11) is 0. The minimum absolute atomic E-state index is 0.143. The molecule has 84 valence electrons. The summed E-state index contributed by atoms with van der Waals surface area (Å²) >= 11 is 1.57. The highest BCUT2D eigenvalue weighted by Gasteiger charge is 2.10. The third-order valence-corrected chi connectivity index (χ3v) is 3.13. The molecule has 1 heterocycles. The molecule has 0 saturated heterocycles. The fourth-order valence-electron chi connectivity index (χ4n) is 1.47. The van der Waals surface area contributed by atoms with Crippen molar-refractivity contribution in [3.8, 4) is 5.75 Å². The van der Waals surface area contributed by atoms with Gasteiger partial charge in [-0.3, -0.25) is 0 Å². The Balaban J connectivity index is 2.15. The van der Waals surface area contributed by atoms with Crippen LogP contribution < -0.4 is 10.5 Å². The van der Waals surface area contributed by atoms with Gasteiger partial charge >= 0.3 is 0 Å². The van der Waals surface area contributed by atoms with Gasteiger partial charge in [0.2, 0.25) is 0 Å². The Morgan fingerprint density at radius 2 is 2.12 bits per heavy atom. The van der Waals surface area contributed by atoms with E-state index in [0.29, 0.717) is 6.61 Å². The van der Waals surface area contributed by atoms with Crippen molar-refractivity contribution in [3.63, 3.8) is 0 Å². The first kappa shape index (κ1) is 11.1. The van der Waals surface area contributed by atoms with Crippen LogP contribution >= 0.6 is 11.3 Å². The van der Waals surface area contributed by atoms with E-state index in [0.717, 1.165) is 16.3 Å². The van der Waals surface area contributed by atoms with Gasteiger partial charge in [0.1, 0.15) is 10.8 Å². The fraction of sp³-hybridized carbons (Fsp3) is 0.250. The van der Waals surface area contributed by atoms with Crippen molar-refractivity contribution < 1.29 is 4.74 Å². The van der Waals surface area contributed by atoms with Crippen LogP contribution in [0.2, 0.25) is 0 Å². The summed E-state index contributed by atoms with van der Waals surface area (Å²) in [5.74, 6) is 0.873. The number of hydrogen-bond donors (Lipinski definition) is 1. The SMILES string of the molecule is CCOc1ccc(C(N)c2nccs2)cc1. The molecule has 2 N–H and O–H groups in total. The van der Waals surface area contributed by atoms with Crippen molar-refractivity contribution in [1.29, 1.82) is 0 Å². The highest BCUT2D eigenvalue weighted by atomic mass is 32.1. The Morgan fingerprint density at radius 1 is 1.38 bits per heavy atom. The van der Waals surface area contributed by atoms with E-state index < -0.39 is 0 Å². The molecule has 1 atom stereocenters. The summed E-state index contributed by atoms with van der Waals surface area (Å²) in [4.78, 5) is 4.21. The molecule has 0 bridgehead atoms. The van der Waals surface area contributed by atoms with Crippen molar-refractivity contribution in [2.24, 2.45) is 5.73 Å². The van der Waals surface area contributed by atoms with Crippen LogP contribution in [0.15, 0.2) is 35.8 Å². The highest BCUT2D eigenvalue weighted by molar-refractivity contribution is 7.09. The van der Waals surface area contributed by atoms with Crippen LogP contribution in [0.4, 0.5) is 0 Å². The molecule has 0 amide bonds. The van der Waals surface area contributed by atoms with Crippen LogP contribution in [0.1, 0.15) is 23.5 Å². The van der Waals surface area contributed by atoms with E-state index in [4.69, 9.17) is 10.5 Å². The number of aromatic nitrogens is 1. The molecule has 4 heteroatoms. The van der Waals surface area contributed by atoms with Gasteiger partial charge in [-0.15, -0.1) is 11.3 Å². The molecule has 1 aromatic heterocycles. The number of hydrogen-bond acceptors (Lipinski definition) is 4. The molecule has 0 spiro atoms. The quantitative estimate of drug-likeness (QED) is 0.884. The average Bonchev–Trinajstić information content (AvgIpc) is 2.83. The van der Waals surface area contributed by atoms with Crippen molar-refractivity contribution in [1.82, 2.24) is 4.98 Å². The minimum Gasteiger partial charge on any atom is -0.494 e. The summed E-state index contributed by atoms with van der Waals surface area (Å²) in [5, 5.41) is 2.87. The fourth-order valence-corrected chi connectivity index (χ4v) is 2.13. The highest BCUT2D eigenvalue weighted by Crippen LogP contribution is 2.23. The summed E-state index contributed by atoms with van der Waals surface area (Å²) in [6.45, 7) is 2.65. The van der Waals surface area contributed by atoms with Gasteiger partial charge in [-0.2, -0.15) is 0 Å². The molecule has 0 aliphatic carbocycles. The maximum atomic E-state index is 6.09. The van der Waals surface area contributed by atoms with E-state index in [9.17, 15) is 0 Å². The Morgan fingerprint density at radius 3 is 2.69 bits per heavy atom. The number of benzene rings is 1. The van der Waals surface area contributed by atoms with Gasteiger partial charge < -0.3 is 10.5 Å².